The molecule has 0 fully saturated rings. The predicted molar refractivity (Wildman–Crippen MR) is 70.5 cm³/mol. The summed E-state index contributed by atoms with van der Waals surface area (Å²) in [5.41, 5.74) is 0.536. The molecule has 1 aromatic carbocycles. The van der Waals surface area contributed by atoms with Gasteiger partial charge in [0.25, 0.3) is 0 Å². The van der Waals surface area contributed by atoms with Crippen molar-refractivity contribution < 1.29 is 14.3 Å². The first-order valence-electron chi connectivity index (χ1n) is 5.78. The second-order valence-electron chi connectivity index (χ2n) is 3.63. The van der Waals surface area contributed by atoms with E-state index in [1.54, 1.807) is 18.2 Å². The van der Waals surface area contributed by atoms with Crippen LogP contribution in [0.1, 0.15) is 37.0 Å². The number of carbonyl (C=O) groups is 1. The fraction of sp³-hybridized carbons (Fsp3) is 0.462. The molecular formula is C13H17BrO3. The van der Waals surface area contributed by atoms with Crippen LogP contribution in [0.2, 0.25) is 0 Å². The Morgan fingerprint density at radius 3 is 2.53 bits per heavy atom. The quantitative estimate of drug-likeness (QED) is 0.750. The van der Waals surface area contributed by atoms with Crippen molar-refractivity contribution >= 4 is 21.9 Å². The average molecular weight is 301 g/mol. The van der Waals surface area contributed by atoms with Crippen molar-refractivity contribution in [3.63, 3.8) is 0 Å². The number of benzene rings is 1. The van der Waals surface area contributed by atoms with Gasteiger partial charge in [-0.25, -0.2) is 4.79 Å². The lowest BCUT2D eigenvalue weighted by Crippen LogP contribution is -2.06. The standard InChI is InChI=1S/C13H17BrO3/c1-3-7-16-12-6-5-10(9-11(12)14)13(15)17-8-4-2/h5-6,9H,3-4,7-8H2,1-2H3. The molecule has 4 heteroatoms. The van der Waals surface area contributed by atoms with Crippen LogP contribution in [0.3, 0.4) is 0 Å². The van der Waals surface area contributed by atoms with Gasteiger partial charge in [0.2, 0.25) is 0 Å². The Labute approximate surface area is 110 Å². The first kappa shape index (κ1) is 14.0. The molecule has 0 saturated carbocycles. The van der Waals surface area contributed by atoms with E-state index in [-0.39, 0.29) is 5.97 Å². The van der Waals surface area contributed by atoms with Gasteiger partial charge in [0.15, 0.2) is 0 Å². The number of halogens is 1. The Morgan fingerprint density at radius 1 is 1.24 bits per heavy atom. The number of hydrogen-bond acceptors (Lipinski definition) is 3. The topological polar surface area (TPSA) is 35.5 Å². The Bertz CT molecular complexity index is 377. The second kappa shape index (κ2) is 7.33. The van der Waals surface area contributed by atoms with Gasteiger partial charge in [-0.05, 0) is 47.0 Å². The third-order valence-electron chi connectivity index (χ3n) is 2.07. The van der Waals surface area contributed by atoms with Crippen LogP contribution in [0.5, 0.6) is 5.75 Å². The summed E-state index contributed by atoms with van der Waals surface area (Å²) >= 11 is 3.38. The van der Waals surface area contributed by atoms with Crippen LogP contribution in [0.25, 0.3) is 0 Å². The van der Waals surface area contributed by atoms with Gasteiger partial charge < -0.3 is 9.47 Å². The van der Waals surface area contributed by atoms with Gasteiger partial charge in [-0.3, -0.25) is 0 Å². The molecule has 0 unspecified atom stereocenters. The molecule has 0 radical (unpaired) electrons. The van der Waals surface area contributed by atoms with Crippen LogP contribution in [0, 0.1) is 0 Å². The van der Waals surface area contributed by atoms with Crippen molar-refractivity contribution in [2.75, 3.05) is 13.2 Å². The molecule has 0 aliphatic heterocycles. The maximum Gasteiger partial charge on any atom is 0.338 e. The fourth-order valence-electron chi connectivity index (χ4n) is 1.23. The van der Waals surface area contributed by atoms with Crippen LogP contribution in [0.4, 0.5) is 0 Å². The van der Waals surface area contributed by atoms with Gasteiger partial charge in [-0.2, -0.15) is 0 Å². The largest absolute Gasteiger partial charge is 0.492 e. The van der Waals surface area contributed by atoms with Gasteiger partial charge in [-0.15, -0.1) is 0 Å². The number of hydrogen-bond donors (Lipinski definition) is 0. The molecule has 0 amide bonds. The molecule has 0 aliphatic rings. The molecule has 0 saturated heterocycles. The summed E-state index contributed by atoms with van der Waals surface area (Å²) in [5, 5.41) is 0. The Kier molecular flexibility index (Phi) is 6.05. The normalized spacial score (nSPS) is 10.1. The minimum absolute atomic E-state index is 0.297. The number of carbonyl (C=O) groups excluding carboxylic acids is 1. The molecule has 3 nitrogen and oxygen atoms in total. The third kappa shape index (κ3) is 4.38. The predicted octanol–water partition coefficient (Wildman–Crippen LogP) is 3.80. The molecule has 0 atom stereocenters. The lowest BCUT2D eigenvalue weighted by atomic mass is 10.2. The number of rotatable bonds is 6. The van der Waals surface area contributed by atoms with Gasteiger partial charge in [0.05, 0.1) is 23.2 Å². The zero-order chi connectivity index (χ0) is 12.7. The Balaban J connectivity index is 2.70. The maximum atomic E-state index is 11.6. The first-order chi connectivity index (χ1) is 8.19. The van der Waals surface area contributed by atoms with E-state index in [2.05, 4.69) is 15.9 Å². The second-order valence-corrected chi connectivity index (χ2v) is 4.48. The Morgan fingerprint density at radius 2 is 1.94 bits per heavy atom. The van der Waals surface area contributed by atoms with E-state index < -0.39 is 0 Å². The summed E-state index contributed by atoms with van der Waals surface area (Å²) in [5.74, 6) is 0.452. The first-order valence-corrected chi connectivity index (χ1v) is 6.57. The molecule has 0 aromatic heterocycles. The van der Waals surface area contributed by atoms with E-state index >= 15 is 0 Å². The van der Waals surface area contributed by atoms with Crippen LogP contribution in [0.15, 0.2) is 22.7 Å². The van der Waals surface area contributed by atoms with E-state index in [1.165, 1.54) is 0 Å². The molecular weight excluding hydrogens is 284 g/mol. The molecule has 1 rings (SSSR count). The minimum atomic E-state index is -0.297. The van der Waals surface area contributed by atoms with Crippen LogP contribution < -0.4 is 4.74 Å². The summed E-state index contributed by atoms with van der Waals surface area (Å²) in [6.07, 6.45) is 1.78. The molecule has 0 bridgehead atoms. The van der Waals surface area contributed by atoms with Crippen molar-refractivity contribution in [2.24, 2.45) is 0 Å². The van der Waals surface area contributed by atoms with Crippen molar-refractivity contribution in [3.8, 4) is 5.75 Å². The van der Waals surface area contributed by atoms with E-state index in [1.807, 2.05) is 13.8 Å². The molecule has 0 aliphatic carbocycles. The van der Waals surface area contributed by atoms with E-state index in [0.717, 1.165) is 23.1 Å². The summed E-state index contributed by atoms with van der Waals surface area (Å²) in [4.78, 5) is 11.6. The fourth-order valence-corrected chi connectivity index (χ4v) is 1.73. The SMILES string of the molecule is CCCOC(=O)c1ccc(OCCC)c(Br)c1. The summed E-state index contributed by atoms with van der Waals surface area (Å²) < 4.78 is 11.3. The molecule has 0 heterocycles. The van der Waals surface area contributed by atoms with Crippen LogP contribution in [-0.4, -0.2) is 19.2 Å². The lowest BCUT2D eigenvalue weighted by Gasteiger charge is -2.08. The smallest absolute Gasteiger partial charge is 0.338 e. The van der Waals surface area contributed by atoms with Gasteiger partial charge >= 0.3 is 5.97 Å². The summed E-state index contributed by atoms with van der Waals surface area (Å²) in [6.45, 7) is 5.12. The highest BCUT2D eigenvalue weighted by molar-refractivity contribution is 9.10. The molecule has 1 aromatic rings. The zero-order valence-electron chi connectivity index (χ0n) is 10.2. The summed E-state index contributed by atoms with van der Waals surface area (Å²) in [7, 11) is 0. The molecule has 0 spiro atoms. The Hall–Kier alpha value is -1.03. The highest BCUT2D eigenvalue weighted by Gasteiger charge is 2.09. The van der Waals surface area contributed by atoms with Crippen molar-refractivity contribution in [2.45, 2.75) is 26.7 Å². The van der Waals surface area contributed by atoms with Gasteiger partial charge in [0, 0.05) is 0 Å². The van der Waals surface area contributed by atoms with E-state index in [4.69, 9.17) is 9.47 Å². The summed E-state index contributed by atoms with van der Waals surface area (Å²) in [6, 6.07) is 5.22. The number of esters is 1. The van der Waals surface area contributed by atoms with Crippen LogP contribution in [-0.2, 0) is 4.74 Å². The van der Waals surface area contributed by atoms with Crippen molar-refractivity contribution in [3.05, 3.63) is 28.2 Å². The van der Waals surface area contributed by atoms with Gasteiger partial charge in [-0.1, -0.05) is 13.8 Å². The minimum Gasteiger partial charge on any atom is -0.492 e. The number of ether oxygens (including phenoxy) is 2. The lowest BCUT2D eigenvalue weighted by molar-refractivity contribution is 0.0505. The monoisotopic (exact) mass is 300 g/mol. The highest BCUT2D eigenvalue weighted by Crippen LogP contribution is 2.26. The molecule has 0 N–H and O–H groups in total. The zero-order valence-corrected chi connectivity index (χ0v) is 11.7. The van der Waals surface area contributed by atoms with Gasteiger partial charge in [0.1, 0.15) is 5.75 Å². The molecule has 17 heavy (non-hydrogen) atoms. The third-order valence-corrected chi connectivity index (χ3v) is 2.69. The average Bonchev–Trinajstić information content (AvgIpc) is 2.34. The molecule has 94 valence electrons. The van der Waals surface area contributed by atoms with Crippen LogP contribution >= 0.6 is 15.9 Å². The van der Waals surface area contributed by atoms with E-state index in [9.17, 15) is 4.79 Å². The van der Waals surface area contributed by atoms with Crippen molar-refractivity contribution in [1.82, 2.24) is 0 Å². The van der Waals surface area contributed by atoms with E-state index in [0.29, 0.717) is 18.8 Å². The van der Waals surface area contributed by atoms with Crippen molar-refractivity contribution in [1.29, 1.82) is 0 Å². The maximum absolute atomic E-state index is 11.6. The highest BCUT2D eigenvalue weighted by atomic mass is 79.9.